The van der Waals surface area contributed by atoms with Gasteiger partial charge in [0, 0.05) is 11.1 Å². The average molecular weight is 440 g/mol. The van der Waals surface area contributed by atoms with E-state index in [1.165, 1.54) is 56.7 Å². The molecule has 4 nitrogen and oxygen atoms in total. The summed E-state index contributed by atoms with van der Waals surface area (Å²) in [6.07, 6.45) is -3.19. The molecule has 0 aliphatic carbocycles. The highest BCUT2D eigenvalue weighted by Crippen LogP contribution is 2.30. The molecule has 0 saturated heterocycles. The highest BCUT2D eigenvalue weighted by Gasteiger charge is 2.30. The molecule has 3 aromatic carbocycles. The lowest BCUT2D eigenvalue weighted by molar-refractivity contribution is -0.137. The third-order valence-electron chi connectivity index (χ3n) is 4.74. The molecule has 164 valence electrons. The van der Waals surface area contributed by atoms with Gasteiger partial charge in [0.15, 0.2) is 11.6 Å². The van der Waals surface area contributed by atoms with Crippen LogP contribution in [0.4, 0.5) is 13.2 Å². The van der Waals surface area contributed by atoms with Crippen molar-refractivity contribution in [2.75, 3.05) is 14.2 Å². The van der Waals surface area contributed by atoms with Crippen molar-refractivity contribution < 1.29 is 32.2 Å². The van der Waals surface area contributed by atoms with Crippen LogP contribution in [0.1, 0.15) is 31.8 Å². The van der Waals surface area contributed by atoms with Crippen LogP contribution >= 0.6 is 0 Å². The number of hydrogen-bond donors (Lipinski definition) is 0. The highest BCUT2D eigenvalue weighted by molar-refractivity contribution is 6.33. The third-order valence-corrected chi connectivity index (χ3v) is 4.74. The van der Waals surface area contributed by atoms with Crippen molar-refractivity contribution in [3.8, 4) is 11.5 Å². The quantitative estimate of drug-likeness (QED) is 0.200. The molecule has 3 rings (SSSR count). The lowest BCUT2D eigenvalue weighted by atomic mass is 9.93. The molecule has 32 heavy (non-hydrogen) atoms. The van der Waals surface area contributed by atoms with Crippen molar-refractivity contribution in [1.82, 2.24) is 0 Å². The monoisotopic (exact) mass is 440 g/mol. The fourth-order valence-corrected chi connectivity index (χ4v) is 2.96. The average Bonchev–Trinajstić information content (AvgIpc) is 2.81. The van der Waals surface area contributed by atoms with Gasteiger partial charge in [-0.2, -0.15) is 13.2 Å². The predicted octanol–water partition coefficient (Wildman–Crippen LogP) is 5.87. The fraction of sp³-hybridized carbons (Fsp3) is 0.120. The Kier molecular flexibility index (Phi) is 6.78. The van der Waals surface area contributed by atoms with Gasteiger partial charge in [-0.25, -0.2) is 0 Å². The molecule has 0 bridgehead atoms. The van der Waals surface area contributed by atoms with E-state index in [-0.39, 0.29) is 22.3 Å². The van der Waals surface area contributed by atoms with Gasteiger partial charge in [-0.15, -0.1) is 0 Å². The summed E-state index contributed by atoms with van der Waals surface area (Å²) in [4.78, 5) is 26.4. The van der Waals surface area contributed by atoms with Crippen LogP contribution in [0.5, 0.6) is 11.5 Å². The molecule has 0 heterocycles. The first-order valence-electron chi connectivity index (χ1n) is 9.49. The lowest BCUT2D eigenvalue weighted by Crippen LogP contribution is -2.14. The largest absolute Gasteiger partial charge is 0.497 e. The van der Waals surface area contributed by atoms with Crippen molar-refractivity contribution in [2.45, 2.75) is 6.18 Å². The second-order valence-electron chi connectivity index (χ2n) is 6.79. The molecule has 0 unspecified atom stereocenters. The number of methoxy groups -OCH3 is 2. The second kappa shape index (κ2) is 9.51. The van der Waals surface area contributed by atoms with Crippen LogP contribution in [0.2, 0.25) is 0 Å². The van der Waals surface area contributed by atoms with Gasteiger partial charge in [0.25, 0.3) is 0 Å². The number of benzene rings is 3. The number of halogens is 3. The number of allylic oxidation sites excluding steroid dienone is 1. The smallest absolute Gasteiger partial charge is 0.416 e. The lowest BCUT2D eigenvalue weighted by Gasteiger charge is -2.10. The molecule has 0 amide bonds. The van der Waals surface area contributed by atoms with Crippen LogP contribution in [0.15, 0.2) is 78.4 Å². The standard InChI is InChI=1S/C25H19F3O4/c1-31-20-11-5-17(6-12-20)23(29)22(24(30)18-7-13-21(32-2)14-8-18)15-16-3-9-19(10-4-16)25(26,27)28/h3-15H,1-2H3. The Morgan fingerprint density at radius 1 is 0.688 bits per heavy atom. The van der Waals surface area contributed by atoms with Gasteiger partial charge in [-0.1, -0.05) is 12.1 Å². The summed E-state index contributed by atoms with van der Waals surface area (Å²) in [7, 11) is 2.97. The Bertz CT molecular complexity index is 1070. The van der Waals surface area contributed by atoms with Gasteiger partial charge in [-0.05, 0) is 72.3 Å². The zero-order valence-corrected chi connectivity index (χ0v) is 17.3. The van der Waals surface area contributed by atoms with Crippen LogP contribution in [-0.4, -0.2) is 25.8 Å². The number of hydrogen-bond acceptors (Lipinski definition) is 4. The van der Waals surface area contributed by atoms with E-state index < -0.39 is 23.3 Å². The summed E-state index contributed by atoms with van der Waals surface area (Å²) in [5.41, 5.74) is -0.229. The molecule has 0 radical (unpaired) electrons. The Morgan fingerprint density at radius 3 is 1.44 bits per heavy atom. The van der Waals surface area contributed by atoms with Crippen molar-refractivity contribution in [2.24, 2.45) is 0 Å². The minimum atomic E-state index is -4.48. The normalized spacial score (nSPS) is 10.9. The maximum Gasteiger partial charge on any atom is 0.416 e. The molecule has 0 aliphatic heterocycles. The first-order chi connectivity index (χ1) is 15.2. The van der Waals surface area contributed by atoms with Gasteiger partial charge in [-0.3, -0.25) is 9.59 Å². The summed E-state index contributed by atoms with van der Waals surface area (Å²) < 4.78 is 48.8. The molecule has 0 saturated carbocycles. The Morgan fingerprint density at radius 2 is 1.09 bits per heavy atom. The Balaban J connectivity index is 2.03. The molecular formula is C25H19F3O4. The van der Waals surface area contributed by atoms with E-state index in [1.807, 2.05) is 0 Å². The van der Waals surface area contributed by atoms with E-state index in [9.17, 15) is 22.8 Å². The molecule has 7 heteroatoms. The molecule has 0 atom stereocenters. The molecule has 3 aromatic rings. The summed E-state index contributed by atoms with van der Waals surface area (Å²) in [6, 6.07) is 16.6. The minimum Gasteiger partial charge on any atom is -0.497 e. The number of carbonyl (C=O) groups is 2. The number of ether oxygens (including phenoxy) is 2. The van der Waals surface area contributed by atoms with Gasteiger partial charge in [0.2, 0.25) is 0 Å². The van der Waals surface area contributed by atoms with Crippen LogP contribution in [0.3, 0.4) is 0 Å². The van der Waals surface area contributed by atoms with Crippen LogP contribution in [0.25, 0.3) is 6.08 Å². The third kappa shape index (κ3) is 5.24. The van der Waals surface area contributed by atoms with E-state index >= 15 is 0 Å². The second-order valence-corrected chi connectivity index (χ2v) is 6.79. The number of Topliss-reactive ketones (excluding diaryl/α,β-unsaturated/α-hetero) is 2. The Labute approximate surface area is 182 Å². The first kappa shape index (κ1) is 22.8. The molecule has 0 fully saturated rings. The van der Waals surface area contributed by atoms with Gasteiger partial charge < -0.3 is 9.47 Å². The molecule has 0 aromatic heterocycles. The Hall–Kier alpha value is -3.87. The molecule has 0 N–H and O–H groups in total. The number of alkyl halides is 3. The number of carbonyl (C=O) groups excluding carboxylic acids is 2. The van der Waals surface area contributed by atoms with Crippen LogP contribution in [-0.2, 0) is 6.18 Å². The van der Waals surface area contributed by atoms with Crippen LogP contribution < -0.4 is 9.47 Å². The zero-order chi connectivity index (χ0) is 23.3. The van der Waals surface area contributed by atoms with Gasteiger partial charge >= 0.3 is 6.18 Å². The topological polar surface area (TPSA) is 52.6 Å². The molecular weight excluding hydrogens is 421 g/mol. The summed E-state index contributed by atoms with van der Waals surface area (Å²) in [6.45, 7) is 0. The summed E-state index contributed by atoms with van der Waals surface area (Å²) in [5.74, 6) is -0.0469. The first-order valence-corrected chi connectivity index (χ1v) is 9.49. The van der Waals surface area contributed by atoms with Crippen molar-refractivity contribution in [3.63, 3.8) is 0 Å². The fourth-order valence-electron chi connectivity index (χ4n) is 2.96. The maximum absolute atomic E-state index is 13.2. The highest BCUT2D eigenvalue weighted by atomic mass is 19.4. The molecule has 0 spiro atoms. The van der Waals surface area contributed by atoms with Gasteiger partial charge in [0.05, 0.1) is 25.4 Å². The number of rotatable bonds is 7. The van der Waals surface area contributed by atoms with Crippen molar-refractivity contribution in [3.05, 3.63) is 101 Å². The maximum atomic E-state index is 13.2. The summed E-state index contributed by atoms with van der Waals surface area (Å²) >= 11 is 0. The van der Waals surface area contributed by atoms with E-state index in [4.69, 9.17) is 9.47 Å². The van der Waals surface area contributed by atoms with Crippen LogP contribution in [0, 0.1) is 0 Å². The minimum absolute atomic E-state index is 0.180. The van der Waals surface area contributed by atoms with E-state index in [0.717, 1.165) is 12.1 Å². The SMILES string of the molecule is COc1ccc(C(=O)C(=Cc2ccc(C(F)(F)F)cc2)C(=O)c2ccc(OC)cc2)cc1. The predicted molar refractivity (Wildman–Crippen MR) is 114 cm³/mol. The van der Waals surface area contributed by atoms with Gasteiger partial charge in [0.1, 0.15) is 11.5 Å². The zero-order valence-electron chi connectivity index (χ0n) is 17.3. The van der Waals surface area contributed by atoms with E-state index in [2.05, 4.69) is 0 Å². The van der Waals surface area contributed by atoms with E-state index in [0.29, 0.717) is 11.5 Å². The summed E-state index contributed by atoms with van der Waals surface area (Å²) in [5, 5.41) is 0. The van der Waals surface area contributed by atoms with E-state index in [1.54, 1.807) is 24.3 Å². The van der Waals surface area contributed by atoms with Crippen molar-refractivity contribution in [1.29, 1.82) is 0 Å². The van der Waals surface area contributed by atoms with Crippen molar-refractivity contribution >= 4 is 17.6 Å². The number of ketones is 2. The molecule has 0 aliphatic rings.